The molecule has 4 fully saturated rings. The Labute approximate surface area is 94.7 Å². The summed E-state index contributed by atoms with van der Waals surface area (Å²) >= 11 is 2.52. The topological polar surface area (TPSA) is 3.24 Å². The van der Waals surface area contributed by atoms with Crippen LogP contribution in [0.2, 0.25) is 0 Å². The molecule has 4 bridgehead atoms. The molecule has 0 atom stereocenters. The summed E-state index contributed by atoms with van der Waals surface area (Å²) in [6.45, 7) is 0. The lowest BCUT2D eigenvalue weighted by atomic mass is 9.53. The summed E-state index contributed by atoms with van der Waals surface area (Å²) in [5.41, 5.74) is 0.620. The fourth-order valence-corrected chi connectivity index (χ4v) is 5.03. The van der Waals surface area contributed by atoms with Crippen LogP contribution in [0.25, 0.3) is 0 Å². The monoisotopic (exact) mass is 291 g/mol. The van der Waals surface area contributed by atoms with Crippen LogP contribution >= 0.6 is 22.9 Å². The first-order valence-corrected chi connectivity index (χ1v) is 6.54. The highest BCUT2D eigenvalue weighted by molar-refractivity contribution is 14.1. The van der Waals surface area contributed by atoms with Gasteiger partial charge in [-0.2, -0.15) is 0 Å². The second-order valence-corrected chi connectivity index (χ2v) is 7.07. The maximum absolute atomic E-state index is 2.52. The smallest absolute Gasteiger partial charge is 0.0310 e. The van der Waals surface area contributed by atoms with E-state index in [0.717, 1.165) is 17.8 Å². The second-order valence-electron chi connectivity index (χ2n) is 5.62. The third-order valence-electron chi connectivity index (χ3n) is 4.66. The number of hydrogen-bond donors (Lipinski definition) is 0. The molecule has 4 rings (SSSR count). The fraction of sp³-hybridized carbons (Fsp3) is 1.00. The summed E-state index contributed by atoms with van der Waals surface area (Å²) in [5, 5.41) is 0. The zero-order valence-electron chi connectivity index (χ0n) is 8.30. The molecule has 13 heavy (non-hydrogen) atoms. The number of halogens is 1. The van der Waals surface area contributed by atoms with E-state index in [0.29, 0.717) is 5.54 Å². The Balaban J connectivity index is 1.91. The summed E-state index contributed by atoms with van der Waals surface area (Å²) in [6, 6.07) is 0. The van der Waals surface area contributed by atoms with E-state index in [1.807, 2.05) is 0 Å². The molecule has 0 aromatic rings. The molecule has 0 aromatic carbocycles. The molecular weight excluding hydrogens is 273 g/mol. The molecule has 74 valence electrons. The van der Waals surface area contributed by atoms with Gasteiger partial charge in [-0.1, -0.05) is 0 Å². The van der Waals surface area contributed by atoms with Crippen LogP contribution in [0.15, 0.2) is 0 Å². The molecule has 0 spiro atoms. The zero-order chi connectivity index (χ0) is 9.05. The second kappa shape index (κ2) is 2.84. The normalized spacial score (nSPS) is 53.3. The molecule has 0 aliphatic heterocycles. The first-order valence-electron chi connectivity index (χ1n) is 5.57. The first-order chi connectivity index (χ1) is 6.18. The van der Waals surface area contributed by atoms with Crippen LogP contribution in [0.3, 0.4) is 0 Å². The van der Waals surface area contributed by atoms with Crippen molar-refractivity contribution < 1.29 is 0 Å². The highest BCUT2D eigenvalue weighted by Crippen LogP contribution is 2.58. The predicted octanol–water partition coefficient (Wildman–Crippen LogP) is 3.24. The van der Waals surface area contributed by atoms with Gasteiger partial charge in [0, 0.05) is 28.4 Å². The molecule has 4 saturated carbocycles. The Morgan fingerprint density at radius 1 is 1.00 bits per heavy atom. The van der Waals surface area contributed by atoms with Gasteiger partial charge >= 0.3 is 0 Å². The van der Waals surface area contributed by atoms with Crippen molar-refractivity contribution in [3.63, 3.8) is 0 Å². The van der Waals surface area contributed by atoms with Gasteiger partial charge in [0.25, 0.3) is 0 Å². The molecule has 0 radical (unpaired) electrons. The van der Waals surface area contributed by atoms with Crippen molar-refractivity contribution in [3.05, 3.63) is 0 Å². The van der Waals surface area contributed by atoms with E-state index in [2.05, 4.69) is 33.0 Å². The van der Waals surface area contributed by atoms with Gasteiger partial charge in [0.05, 0.1) is 0 Å². The molecule has 2 heteroatoms. The standard InChI is InChI=1S/C11H18IN/c1-13(12)11-5-8-2-9(6-11)4-10(3-8)7-11/h8-10H,2-7H2,1H3. The van der Waals surface area contributed by atoms with Crippen molar-refractivity contribution in [2.24, 2.45) is 17.8 Å². The highest BCUT2D eigenvalue weighted by atomic mass is 127. The molecule has 4 aliphatic carbocycles. The van der Waals surface area contributed by atoms with Gasteiger partial charge < -0.3 is 0 Å². The molecular formula is C11H18IN. The minimum Gasteiger partial charge on any atom is -0.244 e. The van der Waals surface area contributed by atoms with Gasteiger partial charge in [-0.15, -0.1) is 0 Å². The number of hydrogen-bond acceptors (Lipinski definition) is 1. The van der Waals surface area contributed by atoms with Crippen LogP contribution in [-0.2, 0) is 0 Å². The minimum atomic E-state index is 0.620. The fourth-order valence-electron chi connectivity index (χ4n) is 4.44. The van der Waals surface area contributed by atoms with Crippen molar-refractivity contribution >= 4 is 22.9 Å². The summed E-state index contributed by atoms with van der Waals surface area (Å²) in [6.07, 6.45) is 9.17. The largest absolute Gasteiger partial charge is 0.244 e. The lowest BCUT2D eigenvalue weighted by molar-refractivity contribution is -0.0407. The van der Waals surface area contributed by atoms with E-state index in [1.165, 1.54) is 19.3 Å². The lowest BCUT2D eigenvalue weighted by Crippen LogP contribution is -2.55. The van der Waals surface area contributed by atoms with Crippen LogP contribution in [-0.4, -0.2) is 15.7 Å². The molecule has 0 unspecified atom stereocenters. The molecule has 0 heterocycles. The summed E-state index contributed by atoms with van der Waals surface area (Å²) in [7, 11) is 2.29. The van der Waals surface area contributed by atoms with Gasteiger partial charge in [-0.05, 0) is 63.3 Å². The van der Waals surface area contributed by atoms with Gasteiger partial charge in [-0.3, -0.25) is 0 Å². The van der Waals surface area contributed by atoms with Crippen LogP contribution in [0.1, 0.15) is 38.5 Å². The third-order valence-corrected chi connectivity index (χ3v) is 5.68. The van der Waals surface area contributed by atoms with E-state index in [9.17, 15) is 0 Å². The molecule has 4 aliphatic rings. The van der Waals surface area contributed by atoms with Gasteiger partial charge in [0.1, 0.15) is 0 Å². The predicted molar refractivity (Wildman–Crippen MR) is 62.7 cm³/mol. The van der Waals surface area contributed by atoms with Crippen molar-refractivity contribution in [1.82, 2.24) is 3.11 Å². The Kier molecular flexibility index (Phi) is 1.96. The number of rotatable bonds is 1. The summed E-state index contributed by atoms with van der Waals surface area (Å²) in [4.78, 5) is 0. The van der Waals surface area contributed by atoms with E-state index in [4.69, 9.17) is 0 Å². The van der Waals surface area contributed by atoms with Gasteiger partial charge in [0.15, 0.2) is 0 Å². The highest BCUT2D eigenvalue weighted by Gasteiger charge is 2.52. The molecule has 0 N–H and O–H groups in total. The first kappa shape index (κ1) is 8.96. The van der Waals surface area contributed by atoms with Gasteiger partial charge in [0.2, 0.25) is 0 Å². The van der Waals surface area contributed by atoms with Crippen LogP contribution < -0.4 is 0 Å². The van der Waals surface area contributed by atoms with E-state index in [1.54, 1.807) is 19.3 Å². The van der Waals surface area contributed by atoms with Gasteiger partial charge in [-0.25, -0.2) is 3.11 Å². The molecule has 1 nitrogen and oxygen atoms in total. The van der Waals surface area contributed by atoms with Crippen LogP contribution in [0, 0.1) is 17.8 Å². The van der Waals surface area contributed by atoms with E-state index >= 15 is 0 Å². The Hall–Kier alpha value is 0.690. The van der Waals surface area contributed by atoms with Crippen molar-refractivity contribution in [3.8, 4) is 0 Å². The lowest BCUT2D eigenvalue weighted by Gasteiger charge is -2.58. The van der Waals surface area contributed by atoms with Crippen molar-refractivity contribution in [2.75, 3.05) is 7.05 Å². The maximum atomic E-state index is 2.52. The Morgan fingerprint density at radius 3 is 1.69 bits per heavy atom. The van der Waals surface area contributed by atoms with Crippen molar-refractivity contribution in [2.45, 2.75) is 44.1 Å². The minimum absolute atomic E-state index is 0.620. The zero-order valence-corrected chi connectivity index (χ0v) is 10.5. The quantitative estimate of drug-likeness (QED) is 0.529. The van der Waals surface area contributed by atoms with Crippen LogP contribution in [0.5, 0.6) is 0 Å². The maximum Gasteiger partial charge on any atom is 0.0310 e. The molecule has 0 aromatic heterocycles. The average molecular weight is 291 g/mol. The SMILES string of the molecule is CN(I)C12CC3CC(CC(C3)C1)C2. The molecule has 0 amide bonds. The summed E-state index contributed by atoms with van der Waals surface area (Å²) < 4.78 is 2.51. The number of nitrogens with zero attached hydrogens (tertiary/aromatic N) is 1. The average Bonchev–Trinajstić information content (AvgIpc) is 2.00. The summed E-state index contributed by atoms with van der Waals surface area (Å²) in [5.74, 6) is 3.26. The van der Waals surface area contributed by atoms with Crippen molar-refractivity contribution in [1.29, 1.82) is 0 Å². The van der Waals surface area contributed by atoms with E-state index < -0.39 is 0 Å². The van der Waals surface area contributed by atoms with Crippen LogP contribution in [0.4, 0.5) is 0 Å². The molecule has 0 saturated heterocycles. The third kappa shape index (κ3) is 1.28. The van der Waals surface area contributed by atoms with E-state index in [-0.39, 0.29) is 0 Å². The Morgan fingerprint density at radius 2 is 1.38 bits per heavy atom. The Bertz CT molecular complexity index is 189.